The number of rotatable bonds is 11. The van der Waals surface area contributed by atoms with Crippen LogP contribution in [0.4, 0.5) is 0 Å². The first-order chi connectivity index (χ1) is 14.8. The van der Waals surface area contributed by atoms with E-state index in [1.807, 2.05) is 44.2 Å². The van der Waals surface area contributed by atoms with Gasteiger partial charge in [0.15, 0.2) is 5.76 Å². The van der Waals surface area contributed by atoms with Crippen molar-refractivity contribution >= 4 is 17.8 Å². The summed E-state index contributed by atoms with van der Waals surface area (Å²) in [6.45, 7) is 5.50. The van der Waals surface area contributed by atoms with Gasteiger partial charge in [0.2, 0.25) is 11.7 Å². The minimum absolute atomic E-state index is 0.0833. The van der Waals surface area contributed by atoms with E-state index in [4.69, 9.17) is 9.15 Å². The van der Waals surface area contributed by atoms with Crippen molar-refractivity contribution in [3.05, 3.63) is 59.5 Å². The molecule has 2 amide bonds. The highest BCUT2D eigenvalue weighted by molar-refractivity contribution is 5.96. The molecule has 2 aromatic rings. The summed E-state index contributed by atoms with van der Waals surface area (Å²) in [6.07, 6.45) is 0.860. The molecule has 8 heteroatoms. The van der Waals surface area contributed by atoms with Crippen molar-refractivity contribution < 1.29 is 28.6 Å². The molecular weight excluding hydrogens is 400 g/mol. The Morgan fingerprint density at radius 1 is 1.03 bits per heavy atom. The van der Waals surface area contributed by atoms with Crippen LogP contribution in [-0.2, 0) is 16.0 Å². The van der Waals surface area contributed by atoms with Gasteiger partial charge in [0.05, 0.1) is 19.3 Å². The molecule has 0 bridgehead atoms. The zero-order valence-corrected chi connectivity index (χ0v) is 18.1. The molecule has 0 saturated heterocycles. The number of ether oxygens (including phenoxy) is 1. The van der Waals surface area contributed by atoms with Gasteiger partial charge in [0.25, 0.3) is 5.91 Å². The number of nitrogens with one attached hydrogen (secondary N) is 2. The average Bonchev–Trinajstić information content (AvgIpc) is 3.24. The number of carbonyl (C=O) groups excluding carboxylic acids is 3. The van der Waals surface area contributed by atoms with E-state index in [-0.39, 0.29) is 30.7 Å². The first-order valence-electron chi connectivity index (χ1n) is 10.4. The number of furan rings is 1. The summed E-state index contributed by atoms with van der Waals surface area (Å²) in [5.74, 6) is -1.71. The summed E-state index contributed by atoms with van der Waals surface area (Å²) in [5, 5.41) is 15.2. The number of esters is 1. The topological polar surface area (TPSA) is 118 Å². The SMILES string of the molecule is CCOC(=O)c1ccc(C(=O)N[C@@H](CC(C)C)C(=O)N[C@H](CO)Cc2ccccc2)o1. The molecule has 0 spiro atoms. The van der Waals surface area contributed by atoms with Gasteiger partial charge in [-0.15, -0.1) is 0 Å². The van der Waals surface area contributed by atoms with E-state index in [9.17, 15) is 19.5 Å². The molecule has 1 heterocycles. The average molecular weight is 431 g/mol. The van der Waals surface area contributed by atoms with Crippen LogP contribution in [0.3, 0.4) is 0 Å². The zero-order valence-electron chi connectivity index (χ0n) is 18.1. The summed E-state index contributed by atoms with van der Waals surface area (Å²) in [6, 6.07) is 10.9. The predicted molar refractivity (Wildman–Crippen MR) is 115 cm³/mol. The van der Waals surface area contributed by atoms with E-state index in [1.165, 1.54) is 12.1 Å². The van der Waals surface area contributed by atoms with Crippen LogP contribution in [0.5, 0.6) is 0 Å². The Labute approximate surface area is 182 Å². The van der Waals surface area contributed by atoms with E-state index in [0.717, 1.165) is 5.56 Å². The lowest BCUT2D eigenvalue weighted by Gasteiger charge is -2.23. The molecule has 31 heavy (non-hydrogen) atoms. The molecule has 3 N–H and O–H groups in total. The van der Waals surface area contributed by atoms with E-state index in [1.54, 1.807) is 6.92 Å². The lowest BCUT2D eigenvalue weighted by molar-refractivity contribution is -0.124. The first kappa shape index (κ1) is 24.1. The molecule has 1 aromatic heterocycles. The zero-order chi connectivity index (χ0) is 22.8. The highest BCUT2D eigenvalue weighted by Crippen LogP contribution is 2.12. The lowest BCUT2D eigenvalue weighted by atomic mass is 10.0. The Balaban J connectivity index is 2.05. The number of hydrogen-bond acceptors (Lipinski definition) is 6. The van der Waals surface area contributed by atoms with Crippen LogP contribution in [0, 0.1) is 5.92 Å². The molecule has 0 aliphatic heterocycles. The van der Waals surface area contributed by atoms with Gasteiger partial charge >= 0.3 is 5.97 Å². The second-order valence-corrected chi connectivity index (χ2v) is 7.62. The van der Waals surface area contributed by atoms with Crippen LogP contribution in [0.25, 0.3) is 0 Å². The maximum atomic E-state index is 12.9. The lowest BCUT2D eigenvalue weighted by Crippen LogP contribution is -2.51. The van der Waals surface area contributed by atoms with Gasteiger partial charge in [0.1, 0.15) is 6.04 Å². The molecule has 0 unspecified atom stereocenters. The smallest absolute Gasteiger partial charge is 0.374 e. The number of carbonyl (C=O) groups is 3. The number of aliphatic hydroxyl groups is 1. The predicted octanol–water partition coefficient (Wildman–Crippen LogP) is 2.32. The van der Waals surface area contributed by atoms with Crippen LogP contribution in [0.1, 0.15) is 53.9 Å². The molecule has 0 radical (unpaired) electrons. The van der Waals surface area contributed by atoms with Gasteiger partial charge in [-0.3, -0.25) is 9.59 Å². The van der Waals surface area contributed by atoms with Crippen molar-refractivity contribution in [1.29, 1.82) is 0 Å². The second-order valence-electron chi connectivity index (χ2n) is 7.62. The third-order valence-electron chi connectivity index (χ3n) is 4.53. The number of aliphatic hydroxyl groups excluding tert-OH is 1. The fourth-order valence-electron chi connectivity index (χ4n) is 3.07. The normalized spacial score (nSPS) is 12.8. The van der Waals surface area contributed by atoms with Crippen LogP contribution in [0.2, 0.25) is 0 Å². The van der Waals surface area contributed by atoms with Crippen LogP contribution in [0.15, 0.2) is 46.9 Å². The molecule has 168 valence electrons. The molecular formula is C23H30N2O6. The summed E-state index contributed by atoms with van der Waals surface area (Å²) < 4.78 is 10.1. The fraction of sp³-hybridized carbons (Fsp3) is 0.435. The minimum atomic E-state index is -0.825. The first-order valence-corrected chi connectivity index (χ1v) is 10.4. The van der Waals surface area contributed by atoms with Crippen LogP contribution >= 0.6 is 0 Å². The third kappa shape index (κ3) is 7.57. The summed E-state index contributed by atoms with van der Waals surface area (Å²) >= 11 is 0. The van der Waals surface area contributed by atoms with Crippen molar-refractivity contribution in [2.75, 3.05) is 13.2 Å². The molecule has 1 aromatic carbocycles. The van der Waals surface area contributed by atoms with E-state index >= 15 is 0 Å². The standard InChI is InChI=1S/C23H30N2O6/c1-4-30-23(29)20-11-10-19(31-20)22(28)25-18(12-15(2)3)21(27)24-17(14-26)13-16-8-6-5-7-9-16/h5-11,15,17-18,26H,4,12-14H2,1-3H3,(H,24,27)(H,25,28)/t17-,18-/m0/s1. The minimum Gasteiger partial charge on any atom is -0.460 e. The second kappa shape index (κ2) is 11.9. The monoisotopic (exact) mass is 430 g/mol. The Kier molecular flexibility index (Phi) is 9.27. The van der Waals surface area contributed by atoms with Gasteiger partial charge in [-0.2, -0.15) is 0 Å². The third-order valence-corrected chi connectivity index (χ3v) is 4.53. The Morgan fingerprint density at radius 3 is 2.32 bits per heavy atom. The number of benzene rings is 1. The van der Waals surface area contributed by atoms with E-state index in [0.29, 0.717) is 12.8 Å². The molecule has 2 atom stereocenters. The van der Waals surface area contributed by atoms with Gasteiger partial charge in [-0.1, -0.05) is 44.2 Å². The van der Waals surface area contributed by atoms with E-state index < -0.39 is 29.9 Å². The summed E-state index contributed by atoms with van der Waals surface area (Å²) in [7, 11) is 0. The molecule has 0 fully saturated rings. The highest BCUT2D eigenvalue weighted by Gasteiger charge is 2.26. The number of hydrogen-bond donors (Lipinski definition) is 3. The maximum absolute atomic E-state index is 12.9. The van der Waals surface area contributed by atoms with Crippen molar-refractivity contribution in [3.63, 3.8) is 0 Å². The van der Waals surface area contributed by atoms with Gasteiger partial charge in [0, 0.05) is 0 Å². The van der Waals surface area contributed by atoms with Crippen molar-refractivity contribution in [3.8, 4) is 0 Å². The highest BCUT2D eigenvalue weighted by atomic mass is 16.5. The number of amides is 2. The largest absolute Gasteiger partial charge is 0.460 e. The Morgan fingerprint density at radius 2 is 1.71 bits per heavy atom. The van der Waals surface area contributed by atoms with Crippen molar-refractivity contribution in [1.82, 2.24) is 10.6 Å². The molecule has 2 rings (SSSR count). The summed E-state index contributed by atoms with van der Waals surface area (Å²) in [4.78, 5) is 37.2. The van der Waals surface area contributed by atoms with Crippen molar-refractivity contribution in [2.45, 2.75) is 45.7 Å². The van der Waals surface area contributed by atoms with Gasteiger partial charge in [-0.05, 0) is 43.4 Å². The molecule has 8 nitrogen and oxygen atoms in total. The van der Waals surface area contributed by atoms with E-state index in [2.05, 4.69) is 10.6 Å². The van der Waals surface area contributed by atoms with Gasteiger partial charge in [-0.25, -0.2) is 4.79 Å². The molecule has 0 aliphatic rings. The maximum Gasteiger partial charge on any atom is 0.374 e. The molecule has 0 saturated carbocycles. The fourth-order valence-corrected chi connectivity index (χ4v) is 3.07. The van der Waals surface area contributed by atoms with Crippen LogP contribution in [-0.4, -0.2) is 48.2 Å². The Hall–Kier alpha value is -3.13. The van der Waals surface area contributed by atoms with Gasteiger partial charge < -0.3 is 24.9 Å². The quantitative estimate of drug-likeness (QED) is 0.471. The van der Waals surface area contributed by atoms with Crippen LogP contribution < -0.4 is 10.6 Å². The van der Waals surface area contributed by atoms with Crippen molar-refractivity contribution in [2.24, 2.45) is 5.92 Å². The summed E-state index contributed by atoms with van der Waals surface area (Å²) in [5.41, 5.74) is 0.980. The molecule has 0 aliphatic carbocycles. The Bertz CT molecular complexity index is 862.